The molecular weight excluding hydrogens is 719 g/mol. The van der Waals surface area contributed by atoms with E-state index in [0.29, 0.717) is 0 Å². The number of rotatable bonds is 4. The van der Waals surface area contributed by atoms with Gasteiger partial charge >= 0.3 is 0 Å². The van der Waals surface area contributed by atoms with E-state index >= 15 is 0 Å². The SMILES string of the molecule is c1ccc(-n2c3ccccc3c3c4c5ccccc5n(-c5ccc6c(c5)c5ccccc5n6-c5nc6ccccc6nc5-c5cccc6ccccc56)c4ccc32)cc1. The molecule has 0 fully saturated rings. The van der Waals surface area contributed by atoms with Crippen LogP contribution in [0.5, 0.6) is 0 Å². The molecule has 0 unspecified atom stereocenters. The standard InChI is InChI=1S/C54H33N5/c1-2-17-35(18-3-1)57-46-27-12-7-21-40(46)51-49(57)31-32-50-52(51)41-22-8-13-28-47(41)58(50)36-29-30-48-42(33-36)38-20-6-11-26-45(38)59(48)54-53(55-43-24-9-10-25-44(43)56-54)39-23-14-16-34-15-4-5-19-37(34)39/h1-33H. The van der Waals surface area contributed by atoms with E-state index in [-0.39, 0.29) is 0 Å². The topological polar surface area (TPSA) is 40.6 Å². The minimum absolute atomic E-state index is 0.813. The molecule has 0 atom stereocenters. The van der Waals surface area contributed by atoms with E-state index in [0.717, 1.165) is 66.7 Å². The number of fused-ring (bicyclic) bond motifs is 12. The van der Waals surface area contributed by atoms with Gasteiger partial charge in [0.2, 0.25) is 0 Å². The summed E-state index contributed by atoms with van der Waals surface area (Å²) in [5.41, 5.74) is 12.8. The van der Waals surface area contributed by atoms with Crippen molar-refractivity contribution in [2.45, 2.75) is 0 Å². The summed E-state index contributed by atoms with van der Waals surface area (Å²) in [7, 11) is 0. The molecule has 274 valence electrons. The van der Waals surface area contributed by atoms with Crippen LogP contribution in [0.2, 0.25) is 0 Å². The monoisotopic (exact) mass is 751 g/mol. The average molecular weight is 752 g/mol. The van der Waals surface area contributed by atoms with Gasteiger partial charge in [-0.05, 0) is 83.6 Å². The second kappa shape index (κ2) is 12.2. The first-order valence-electron chi connectivity index (χ1n) is 20.1. The average Bonchev–Trinajstić information content (AvgIpc) is 3.94. The lowest BCUT2D eigenvalue weighted by Crippen LogP contribution is -2.04. The summed E-state index contributed by atoms with van der Waals surface area (Å²) in [6.07, 6.45) is 0. The second-order valence-electron chi connectivity index (χ2n) is 15.4. The Morgan fingerprint density at radius 3 is 1.53 bits per heavy atom. The molecule has 9 aromatic carbocycles. The molecule has 13 rings (SSSR count). The fourth-order valence-electron chi connectivity index (χ4n) is 9.74. The molecule has 0 radical (unpaired) electrons. The summed E-state index contributed by atoms with van der Waals surface area (Å²) in [6, 6.07) is 71.7. The van der Waals surface area contributed by atoms with Crippen molar-refractivity contribution < 1.29 is 0 Å². The Morgan fingerprint density at radius 1 is 0.305 bits per heavy atom. The highest BCUT2D eigenvalue weighted by molar-refractivity contribution is 6.29. The molecule has 59 heavy (non-hydrogen) atoms. The van der Waals surface area contributed by atoms with E-state index in [1.165, 1.54) is 49.0 Å². The number of nitrogens with zero attached hydrogens (tertiary/aromatic N) is 5. The van der Waals surface area contributed by atoms with Crippen molar-refractivity contribution in [3.63, 3.8) is 0 Å². The van der Waals surface area contributed by atoms with Gasteiger partial charge in [-0.3, -0.25) is 4.57 Å². The van der Waals surface area contributed by atoms with Crippen LogP contribution in [0.4, 0.5) is 0 Å². The van der Waals surface area contributed by atoms with Crippen LogP contribution in [0.3, 0.4) is 0 Å². The van der Waals surface area contributed by atoms with E-state index < -0.39 is 0 Å². The zero-order chi connectivity index (χ0) is 38.6. The van der Waals surface area contributed by atoms with Crippen LogP contribution in [0, 0.1) is 0 Å². The number of hydrogen-bond acceptors (Lipinski definition) is 2. The van der Waals surface area contributed by atoms with E-state index in [4.69, 9.17) is 9.97 Å². The summed E-state index contributed by atoms with van der Waals surface area (Å²) in [5, 5.41) is 9.65. The van der Waals surface area contributed by atoms with Gasteiger partial charge < -0.3 is 9.13 Å². The Balaban J connectivity index is 1.10. The van der Waals surface area contributed by atoms with Gasteiger partial charge in [0.1, 0.15) is 5.69 Å². The highest BCUT2D eigenvalue weighted by Crippen LogP contribution is 2.44. The van der Waals surface area contributed by atoms with Gasteiger partial charge in [-0.2, -0.15) is 0 Å². The third-order valence-electron chi connectivity index (χ3n) is 12.2. The maximum atomic E-state index is 5.43. The smallest absolute Gasteiger partial charge is 0.165 e. The first kappa shape index (κ1) is 32.1. The van der Waals surface area contributed by atoms with Crippen molar-refractivity contribution in [3.8, 4) is 28.5 Å². The normalized spacial score (nSPS) is 12.1. The Kier molecular flexibility index (Phi) is 6.66. The maximum Gasteiger partial charge on any atom is 0.165 e. The van der Waals surface area contributed by atoms with E-state index in [1.54, 1.807) is 0 Å². The van der Waals surface area contributed by atoms with Crippen LogP contribution in [-0.4, -0.2) is 23.7 Å². The number of para-hydroxylation sites is 6. The molecule has 0 N–H and O–H groups in total. The van der Waals surface area contributed by atoms with E-state index in [1.807, 2.05) is 12.1 Å². The van der Waals surface area contributed by atoms with Gasteiger partial charge in [0.05, 0.1) is 44.1 Å². The van der Waals surface area contributed by atoms with Crippen molar-refractivity contribution in [2.24, 2.45) is 0 Å². The molecule has 0 saturated carbocycles. The van der Waals surface area contributed by atoms with Crippen molar-refractivity contribution >= 4 is 87.2 Å². The van der Waals surface area contributed by atoms with Gasteiger partial charge in [-0.1, -0.05) is 127 Å². The number of aromatic nitrogens is 5. The molecule has 4 aromatic heterocycles. The highest BCUT2D eigenvalue weighted by Gasteiger charge is 2.23. The summed E-state index contributed by atoms with van der Waals surface area (Å²) < 4.78 is 7.17. The minimum Gasteiger partial charge on any atom is -0.309 e. The maximum absolute atomic E-state index is 5.43. The summed E-state index contributed by atoms with van der Waals surface area (Å²) in [4.78, 5) is 10.8. The minimum atomic E-state index is 0.813. The van der Waals surface area contributed by atoms with Gasteiger partial charge in [0.15, 0.2) is 5.82 Å². The van der Waals surface area contributed by atoms with Gasteiger partial charge in [-0.15, -0.1) is 0 Å². The van der Waals surface area contributed by atoms with Crippen molar-refractivity contribution in [2.75, 3.05) is 0 Å². The zero-order valence-electron chi connectivity index (χ0n) is 31.8. The first-order chi connectivity index (χ1) is 29.3. The lowest BCUT2D eigenvalue weighted by molar-refractivity contribution is 1.08. The molecule has 4 heterocycles. The lowest BCUT2D eigenvalue weighted by atomic mass is 10.0. The Morgan fingerprint density at radius 2 is 0.814 bits per heavy atom. The fourth-order valence-corrected chi connectivity index (χ4v) is 9.74. The van der Waals surface area contributed by atoms with Crippen LogP contribution in [0.25, 0.3) is 116 Å². The fraction of sp³-hybridized carbons (Fsp3) is 0. The van der Waals surface area contributed by atoms with Crippen molar-refractivity contribution in [1.82, 2.24) is 23.7 Å². The Bertz CT molecular complexity index is 3840. The predicted octanol–water partition coefficient (Wildman–Crippen LogP) is 13.7. The Labute approximate surface area is 338 Å². The van der Waals surface area contributed by atoms with Gasteiger partial charge in [-0.25, -0.2) is 9.97 Å². The molecule has 5 nitrogen and oxygen atoms in total. The molecule has 0 aliphatic rings. The second-order valence-corrected chi connectivity index (χ2v) is 15.4. The van der Waals surface area contributed by atoms with Gasteiger partial charge in [0, 0.05) is 49.3 Å². The van der Waals surface area contributed by atoms with Gasteiger partial charge in [0.25, 0.3) is 0 Å². The molecule has 0 spiro atoms. The molecule has 0 aliphatic heterocycles. The number of hydrogen-bond donors (Lipinski definition) is 0. The van der Waals surface area contributed by atoms with Crippen LogP contribution < -0.4 is 0 Å². The quantitative estimate of drug-likeness (QED) is 0.180. The van der Waals surface area contributed by atoms with Crippen LogP contribution >= 0.6 is 0 Å². The van der Waals surface area contributed by atoms with Crippen molar-refractivity contribution in [3.05, 3.63) is 200 Å². The van der Waals surface area contributed by atoms with Crippen LogP contribution in [-0.2, 0) is 0 Å². The largest absolute Gasteiger partial charge is 0.309 e. The lowest BCUT2D eigenvalue weighted by Gasteiger charge is -2.15. The Hall–Kier alpha value is -8.02. The molecule has 0 amide bonds. The molecule has 13 aromatic rings. The van der Waals surface area contributed by atoms with Crippen LogP contribution in [0.1, 0.15) is 0 Å². The third kappa shape index (κ3) is 4.55. The molecular formula is C54H33N5. The summed E-state index contributed by atoms with van der Waals surface area (Å²) >= 11 is 0. The van der Waals surface area contributed by atoms with E-state index in [9.17, 15) is 0 Å². The zero-order valence-corrected chi connectivity index (χ0v) is 31.8. The van der Waals surface area contributed by atoms with Crippen LogP contribution in [0.15, 0.2) is 200 Å². The molecule has 0 bridgehead atoms. The third-order valence-corrected chi connectivity index (χ3v) is 12.2. The number of benzene rings is 9. The predicted molar refractivity (Wildman–Crippen MR) is 245 cm³/mol. The summed E-state index contributed by atoms with van der Waals surface area (Å²) in [6.45, 7) is 0. The molecule has 0 aliphatic carbocycles. The summed E-state index contributed by atoms with van der Waals surface area (Å²) in [5.74, 6) is 0.813. The highest BCUT2D eigenvalue weighted by atomic mass is 15.1. The molecule has 5 heteroatoms. The van der Waals surface area contributed by atoms with E-state index in [2.05, 4.69) is 202 Å². The van der Waals surface area contributed by atoms with Crippen molar-refractivity contribution in [1.29, 1.82) is 0 Å². The molecule has 0 saturated heterocycles. The first-order valence-corrected chi connectivity index (χ1v) is 20.1.